The molecule has 0 aliphatic heterocycles. The van der Waals surface area contributed by atoms with Gasteiger partial charge in [0, 0.05) is 17.8 Å². The lowest BCUT2D eigenvalue weighted by Gasteiger charge is -2.42. The third-order valence-corrected chi connectivity index (χ3v) is 4.24. The standard InChI is InChI=1S/C12H20N4/c1-5-3-7-8(11(15)9(5)13)4-6(2)10(14)12(7)16/h3,6-8,10,12-13,15H,4,14,16H2,1-2H3/p+1. The first kappa shape index (κ1) is 11.5. The molecule has 0 saturated heterocycles. The molecule has 0 radical (unpaired) electrons. The normalized spacial score (nSPS) is 44.0. The van der Waals surface area contributed by atoms with Crippen molar-refractivity contribution in [3.05, 3.63) is 11.6 Å². The molecule has 4 nitrogen and oxygen atoms in total. The second-order valence-corrected chi connectivity index (χ2v) is 5.28. The summed E-state index contributed by atoms with van der Waals surface area (Å²) in [7, 11) is 0. The molecule has 2 aliphatic carbocycles. The largest absolute Gasteiger partial charge is 0.354 e. The van der Waals surface area contributed by atoms with Gasteiger partial charge in [-0.1, -0.05) is 13.0 Å². The number of quaternary nitrogens is 1. The van der Waals surface area contributed by atoms with E-state index in [2.05, 4.69) is 18.7 Å². The minimum Gasteiger partial charge on any atom is -0.354 e. The molecular weight excluding hydrogens is 200 g/mol. The number of hydrogen-bond donors (Lipinski definition) is 4. The summed E-state index contributed by atoms with van der Waals surface area (Å²) in [5.41, 5.74) is 12.1. The van der Waals surface area contributed by atoms with Gasteiger partial charge >= 0.3 is 0 Å². The molecule has 0 aromatic heterocycles. The van der Waals surface area contributed by atoms with Gasteiger partial charge in [0.2, 0.25) is 0 Å². The lowest BCUT2D eigenvalue weighted by atomic mass is 9.64. The van der Waals surface area contributed by atoms with Gasteiger partial charge in [0.25, 0.3) is 0 Å². The highest BCUT2D eigenvalue weighted by molar-refractivity contribution is 6.47. The maximum absolute atomic E-state index is 8.05. The Bertz CT molecular complexity index is 371. The first-order valence-electron chi connectivity index (χ1n) is 5.88. The summed E-state index contributed by atoms with van der Waals surface area (Å²) >= 11 is 0. The van der Waals surface area contributed by atoms with Crippen LogP contribution < -0.4 is 11.5 Å². The van der Waals surface area contributed by atoms with Gasteiger partial charge in [-0.3, -0.25) is 5.41 Å². The van der Waals surface area contributed by atoms with Crippen LogP contribution in [0, 0.1) is 28.6 Å². The van der Waals surface area contributed by atoms with E-state index in [1.165, 1.54) is 0 Å². The van der Waals surface area contributed by atoms with E-state index in [4.69, 9.17) is 16.6 Å². The van der Waals surface area contributed by atoms with Gasteiger partial charge in [0.15, 0.2) is 0 Å². The van der Waals surface area contributed by atoms with Crippen LogP contribution in [0.1, 0.15) is 20.3 Å². The van der Waals surface area contributed by atoms with Crippen LogP contribution in [0.5, 0.6) is 0 Å². The van der Waals surface area contributed by atoms with Crippen molar-refractivity contribution in [2.45, 2.75) is 32.4 Å². The minimum atomic E-state index is 0.0251. The molecule has 5 unspecified atom stereocenters. The predicted octanol–water partition coefficient (Wildman–Crippen LogP) is 0.196. The average molecular weight is 221 g/mol. The number of rotatable bonds is 0. The van der Waals surface area contributed by atoms with E-state index in [0.29, 0.717) is 17.3 Å². The molecule has 2 rings (SSSR count). The Morgan fingerprint density at radius 3 is 2.69 bits per heavy atom. The first-order valence-corrected chi connectivity index (χ1v) is 5.88. The molecule has 0 bridgehead atoms. The van der Waals surface area contributed by atoms with Crippen LogP contribution in [0.4, 0.5) is 0 Å². The molecule has 1 fully saturated rings. The maximum atomic E-state index is 8.05. The Morgan fingerprint density at radius 2 is 2.06 bits per heavy atom. The molecule has 4 heteroatoms. The van der Waals surface area contributed by atoms with Crippen molar-refractivity contribution in [1.82, 2.24) is 0 Å². The lowest BCUT2D eigenvalue weighted by Crippen LogP contribution is -2.75. The Balaban J connectivity index is 2.37. The van der Waals surface area contributed by atoms with E-state index >= 15 is 0 Å². The summed E-state index contributed by atoms with van der Waals surface area (Å²) in [5.74, 6) is 0.788. The highest BCUT2D eigenvalue weighted by Gasteiger charge is 2.45. The molecule has 16 heavy (non-hydrogen) atoms. The molecule has 2 aliphatic rings. The number of hydrogen-bond acceptors (Lipinski definition) is 3. The summed E-state index contributed by atoms with van der Waals surface area (Å²) in [6, 6.07) is 0.280. The van der Waals surface area contributed by atoms with Crippen molar-refractivity contribution in [2.75, 3.05) is 0 Å². The number of fused-ring (bicyclic) bond motifs is 1. The van der Waals surface area contributed by atoms with Gasteiger partial charge in [-0.25, -0.2) is 0 Å². The number of allylic oxidation sites excluding steroid dienone is 1. The van der Waals surface area contributed by atoms with Gasteiger partial charge in [-0.15, -0.1) is 0 Å². The molecule has 88 valence electrons. The van der Waals surface area contributed by atoms with Crippen molar-refractivity contribution in [1.29, 1.82) is 10.8 Å². The highest BCUT2D eigenvalue weighted by atomic mass is 14.8. The van der Waals surface area contributed by atoms with E-state index in [0.717, 1.165) is 12.0 Å². The van der Waals surface area contributed by atoms with Crippen LogP contribution in [-0.2, 0) is 0 Å². The zero-order valence-corrected chi connectivity index (χ0v) is 9.96. The van der Waals surface area contributed by atoms with Crippen LogP contribution in [0.2, 0.25) is 0 Å². The molecule has 1 saturated carbocycles. The summed E-state index contributed by atoms with van der Waals surface area (Å²) in [5, 5.41) is 15.9. The Kier molecular flexibility index (Phi) is 2.72. The van der Waals surface area contributed by atoms with Gasteiger partial charge in [-0.2, -0.15) is 0 Å². The summed E-state index contributed by atoms with van der Waals surface area (Å²) in [6.07, 6.45) is 3.03. The Labute approximate surface area is 96.1 Å². The van der Waals surface area contributed by atoms with E-state index in [-0.39, 0.29) is 23.9 Å². The third kappa shape index (κ3) is 1.53. The van der Waals surface area contributed by atoms with Crippen LogP contribution in [0.3, 0.4) is 0 Å². The average Bonchev–Trinajstić information content (AvgIpc) is 2.25. The molecule has 0 aromatic rings. The van der Waals surface area contributed by atoms with Crippen LogP contribution in [-0.4, -0.2) is 23.5 Å². The molecule has 0 amide bonds. The maximum Gasteiger partial charge on any atom is 0.103 e. The molecule has 0 heterocycles. The fourth-order valence-electron chi connectivity index (χ4n) is 2.97. The van der Waals surface area contributed by atoms with E-state index in [1.807, 2.05) is 6.92 Å². The van der Waals surface area contributed by atoms with Crippen LogP contribution in [0.15, 0.2) is 11.6 Å². The van der Waals surface area contributed by atoms with Crippen molar-refractivity contribution in [3.8, 4) is 0 Å². The van der Waals surface area contributed by atoms with E-state index < -0.39 is 0 Å². The second kappa shape index (κ2) is 3.79. The lowest BCUT2D eigenvalue weighted by molar-refractivity contribution is -0.443. The molecule has 0 spiro atoms. The molecule has 7 N–H and O–H groups in total. The van der Waals surface area contributed by atoms with Crippen LogP contribution in [0.25, 0.3) is 0 Å². The summed E-state index contributed by atoms with van der Waals surface area (Å²) < 4.78 is 0. The molecule has 0 aromatic carbocycles. The topological polar surface area (TPSA) is 101 Å². The number of nitrogens with two attached hydrogens (primary N) is 1. The SMILES string of the molecule is CC1=CC2C(CC(C)C([NH3+])C2N)C(=N)C1=N. The van der Waals surface area contributed by atoms with Gasteiger partial charge in [-0.05, 0) is 18.9 Å². The fraction of sp³-hybridized carbons (Fsp3) is 0.667. The van der Waals surface area contributed by atoms with Crippen molar-refractivity contribution in [3.63, 3.8) is 0 Å². The summed E-state index contributed by atoms with van der Waals surface area (Å²) in [6.45, 7) is 4.05. The monoisotopic (exact) mass is 221 g/mol. The second-order valence-electron chi connectivity index (χ2n) is 5.28. The molecular formula is C12H21N4+. The van der Waals surface area contributed by atoms with Gasteiger partial charge in [0.05, 0.1) is 17.5 Å². The first-order chi connectivity index (χ1) is 7.43. The predicted molar refractivity (Wildman–Crippen MR) is 64.6 cm³/mol. The summed E-state index contributed by atoms with van der Waals surface area (Å²) in [4.78, 5) is 0. The zero-order chi connectivity index (χ0) is 12.0. The van der Waals surface area contributed by atoms with Crippen molar-refractivity contribution >= 4 is 11.4 Å². The van der Waals surface area contributed by atoms with Crippen molar-refractivity contribution in [2.24, 2.45) is 23.5 Å². The van der Waals surface area contributed by atoms with E-state index in [9.17, 15) is 0 Å². The fourth-order valence-corrected chi connectivity index (χ4v) is 2.97. The van der Waals surface area contributed by atoms with Crippen molar-refractivity contribution < 1.29 is 5.73 Å². The Hall–Kier alpha value is -1.00. The molecule has 5 atom stereocenters. The highest BCUT2D eigenvalue weighted by Crippen LogP contribution is 2.37. The Morgan fingerprint density at radius 1 is 1.44 bits per heavy atom. The van der Waals surface area contributed by atoms with Crippen LogP contribution >= 0.6 is 0 Å². The minimum absolute atomic E-state index is 0.0251. The third-order valence-electron chi connectivity index (χ3n) is 4.24. The van der Waals surface area contributed by atoms with Gasteiger partial charge < -0.3 is 16.9 Å². The smallest absolute Gasteiger partial charge is 0.103 e. The van der Waals surface area contributed by atoms with E-state index in [1.54, 1.807) is 0 Å². The zero-order valence-electron chi connectivity index (χ0n) is 9.96. The quantitative estimate of drug-likeness (QED) is 0.461. The van der Waals surface area contributed by atoms with Gasteiger partial charge in [0.1, 0.15) is 6.04 Å². The number of nitrogens with one attached hydrogen (secondary N) is 2.